The smallest absolute Gasteiger partial charge is 0.416 e. The molecule has 1 aliphatic rings. The van der Waals surface area contributed by atoms with Crippen LogP contribution in [0.2, 0.25) is 15.1 Å². The Balaban J connectivity index is 1.54. The Kier molecular flexibility index (Phi) is 8.35. The van der Waals surface area contributed by atoms with Gasteiger partial charge in [-0.2, -0.15) is 13.2 Å². The van der Waals surface area contributed by atoms with Gasteiger partial charge in [0.25, 0.3) is 5.91 Å². The maximum Gasteiger partial charge on any atom is 0.416 e. The zero-order valence-electron chi connectivity index (χ0n) is 19.4. The van der Waals surface area contributed by atoms with Crippen molar-refractivity contribution in [1.82, 2.24) is 4.98 Å². The fourth-order valence-corrected chi connectivity index (χ4v) is 5.51. The summed E-state index contributed by atoms with van der Waals surface area (Å²) in [6.45, 7) is 0. The molecule has 4 N–H and O–H groups in total. The van der Waals surface area contributed by atoms with Crippen molar-refractivity contribution in [1.29, 1.82) is 0 Å². The number of aromatic nitrogens is 1. The van der Waals surface area contributed by atoms with E-state index in [0.717, 1.165) is 0 Å². The van der Waals surface area contributed by atoms with Crippen LogP contribution in [0, 0.1) is 5.92 Å². The zero-order chi connectivity index (χ0) is 29.6. The Bertz CT molecular complexity index is 1520. The number of rotatable bonds is 6. The van der Waals surface area contributed by atoms with Crippen LogP contribution in [0.5, 0.6) is 0 Å². The highest BCUT2D eigenvalue weighted by Crippen LogP contribution is 2.65. The molecule has 3 aromatic rings. The van der Waals surface area contributed by atoms with Gasteiger partial charge in [0.1, 0.15) is 16.0 Å². The van der Waals surface area contributed by atoms with Crippen LogP contribution >= 0.6 is 58.0 Å². The van der Waals surface area contributed by atoms with Gasteiger partial charge in [0.05, 0.1) is 22.1 Å². The lowest BCUT2D eigenvalue weighted by Crippen LogP contribution is -2.19. The summed E-state index contributed by atoms with van der Waals surface area (Å²) < 4.78 is 38.4. The van der Waals surface area contributed by atoms with E-state index in [1.165, 1.54) is 24.3 Å². The van der Waals surface area contributed by atoms with Crippen molar-refractivity contribution < 1.29 is 32.7 Å². The lowest BCUT2D eigenvalue weighted by molar-refractivity contribution is -0.137. The molecular formula is C24H14Cl5F3N4O4. The third-order valence-corrected chi connectivity index (χ3v) is 7.39. The number of anilines is 3. The van der Waals surface area contributed by atoms with E-state index in [1.807, 2.05) is 0 Å². The SMILES string of the molecule is O=C(O)Nc1cc(C(F)(F)F)cc(NC(=O)c2cc(NC(=O)[C@H]3[C@H](c4cc(Cl)cc(Cl)c4)C3(Cl)Cl)ccc2Cl)n1. The monoisotopic (exact) mass is 654 g/mol. The van der Waals surface area contributed by atoms with E-state index in [9.17, 15) is 27.6 Å². The Morgan fingerprint density at radius 2 is 1.48 bits per heavy atom. The van der Waals surface area contributed by atoms with Crippen LogP contribution in [-0.2, 0) is 11.0 Å². The summed E-state index contributed by atoms with van der Waals surface area (Å²) in [5.74, 6) is -4.41. The molecule has 1 heterocycles. The summed E-state index contributed by atoms with van der Waals surface area (Å²) in [4.78, 5) is 40.4. The van der Waals surface area contributed by atoms with Crippen LogP contribution in [0.3, 0.4) is 0 Å². The fraction of sp³-hybridized carbons (Fsp3) is 0.167. The average Bonchev–Trinajstić information content (AvgIpc) is 3.40. The number of carboxylic acid groups (broad SMARTS) is 1. The number of benzene rings is 2. The molecule has 210 valence electrons. The highest BCUT2D eigenvalue weighted by molar-refractivity contribution is 6.53. The number of hydrogen-bond donors (Lipinski definition) is 4. The molecule has 3 amide bonds. The minimum Gasteiger partial charge on any atom is -0.465 e. The molecular weight excluding hydrogens is 643 g/mol. The molecule has 0 unspecified atom stereocenters. The van der Waals surface area contributed by atoms with E-state index in [4.69, 9.17) is 63.1 Å². The molecule has 2 aromatic carbocycles. The van der Waals surface area contributed by atoms with E-state index < -0.39 is 57.5 Å². The molecule has 16 heteroatoms. The van der Waals surface area contributed by atoms with Crippen LogP contribution in [0.25, 0.3) is 0 Å². The van der Waals surface area contributed by atoms with Gasteiger partial charge in [-0.25, -0.2) is 9.78 Å². The van der Waals surface area contributed by atoms with Crippen molar-refractivity contribution in [2.45, 2.75) is 16.4 Å². The number of amides is 3. The van der Waals surface area contributed by atoms with Crippen molar-refractivity contribution in [2.75, 3.05) is 16.0 Å². The first kappa shape index (κ1) is 30.0. The molecule has 1 fully saturated rings. The molecule has 1 saturated carbocycles. The second-order valence-electron chi connectivity index (χ2n) is 8.52. The Morgan fingerprint density at radius 1 is 0.875 bits per heavy atom. The number of alkyl halides is 5. The van der Waals surface area contributed by atoms with Crippen LogP contribution in [0.4, 0.5) is 35.3 Å². The van der Waals surface area contributed by atoms with Crippen LogP contribution < -0.4 is 16.0 Å². The topological polar surface area (TPSA) is 120 Å². The first-order valence-corrected chi connectivity index (χ1v) is 12.8. The van der Waals surface area contributed by atoms with E-state index in [1.54, 1.807) is 17.4 Å². The van der Waals surface area contributed by atoms with Crippen molar-refractivity contribution >= 4 is 93.2 Å². The maximum absolute atomic E-state index is 13.3. The third-order valence-electron chi connectivity index (χ3n) is 5.69. The van der Waals surface area contributed by atoms with Crippen molar-refractivity contribution in [3.8, 4) is 0 Å². The van der Waals surface area contributed by atoms with E-state index >= 15 is 0 Å². The number of carbonyl (C=O) groups is 3. The normalized spacial score (nSPS) is 17.6. The Labute approximate surface area is 248 Å². The first-order chi connectivity index (χ1) is 18.6. The molecule has 1 aromatic heterocycles. The minimum absolute atomic E-state index is 0.101. The Morgan fingerprint density at radius 3 is 2.05 bits per heavy atom. The summed E-state index contributed by atoms with van der Waals surface area (Å²) in [7, 11) is 0. The quantitative estimate of drug-likeness (QED) is 0.201. The molecule has 40 heavy (non-hydrogen) atoms. The summed E-state index contributed by atoms with van der Waals surface area (Å²) in [5, 5.41) is 15.8. The lowest BCUT2D eigenvalue weighted by atomic mass is 10.1. The minimum atomic E-state index is -4.86. The molecule has 0 saturated heterocycles. The molecule has 0 aliphatic heterocycles. The van der Waals surface area contributed by atoms with Gasteiger partial charge >= 0.3 is 12.3 Å². The molecule has 4 rings (SSSR count). The number of pyridine rings is 1. The van der Waals surface area contributed by atoms with Gasteiger partial charge in [0.15, 0.2) is 0 Å². The second-order valence-corrected chi connectivity index (χ2v) is 11.2. The predicted octanol–water partition coefficient (Wildman–Crippen LogP) is 7.93. The number of nitrogens with zero attached hydrogens (tertiary/aromatic N) is 1. The molecule has 0 bridgehead atoms. The van der Waals surface area contributed by atoms with Crippen LogP contribution in [0.15, 0.2) is 48.5 Å². The summed E-state index contributed by atoms with van der Waals surface area (Å²) in [6.07, 6.45) is -6.53. The fourth-order valence-electron chi connectivity index (χ4n) is 3.93. The van der Waals surface area contributed by atoms with Gasteiger partial charge in [0, 0.05) is 21.7 Å². The van der Waals surface area contributed by atoms with Crippen molar-refractivity contribution in [2.24, 2.45) is 5.92 Å². The number of nitrogens with one attached hydrogen (secondary N) is 3. The molecule has 0 spiro atoms. The van der Waals surface area contributed by atoms with Gasteiger partial charge < -0.3 is 15.7 Å². The first-order valence-electron chi connectivity index (χ1n) is 10.9. The van der Waals surface area contributed by atoms with E-state index in [0.29, 0.717) is 27.7 Å². The highest BCUT2D eigenvalue weighted by Gasteiger charge is 2.67. The van der Waals surface area contributed by atoms with Gasteiger partial charge in [0.2, 0.25) is 5.91 Å². The van der Waals surface area contributed by atoms with Crippen LogP contribution in [0.1, 0.15) is 27.4 Å². The molecule has 8 nitrogen and oxygen atoms in total. The zero-order valence-corrected chi connectivity index (χ0v) is 23.2. The maximum atomic E-state index is 13.3. The summed E-state index contributed by atoms with van der Waals surface area (Å²) >= 11 is 30.9. The van der Waals surface area contributed by atoms with Gasteiger partial charge in [-0.05, 0) is 54.1 Å². The number of carbonyl (C=O) groups excluding carboxylic acids is 2. The Hall–Kier alpha value is -2.96. The number of hydrogen-bond acceptors (Lipinski definition) is 4. The standard InChI is InChI=1S/C24H14Cl5F3N4O4/c25-11-3-9(4-12(26)7-11)18-19(23(18,28)29)21(38)33-13-1-2-15(27)14(8-13)20(37)35-16-5-10(24(30,31)32)6-17(34-16)36-22(39)40/h1-8,18-19H,(H,33,38)(H,39,40)(H2,34,35,36,37)/t18-,19+/m0/s1. The average molecular weight is 657 g/mol. The highest BCUT2D eigenvalue weighted by atomic mass is 35.5. The van der Waals surface area contributed by atoms with Crippen molar-refractivity contribution in [3.05, 3.63) is 80.3 Å². The summed E-state index contributed by atoms with van der Waals surface area (Å²) in [6, 6.07) is 9.47. The lowest BCUT2D eigenvalue weighted by Gasteiger charge is -2.13. The third kappa shape index (κ3) is 6.67. The van der Waals surface area contributed by atoms with Gasteiger partial charge in [-0.15, -0.1) is 23.2 Å². The van der Waals surface area contributed by atoms with E-state index in [2.05, 4.69) is 15.6 Å². The largest absolute Gasteiger partial charge is 0.465 e. The van der Waals surface area contributed by atoms with Crippen LogP contribution in [-0.4, -0.2) is 32.3 Å². The second kappa shape index (κ2) is 11.1. The summed E-state index contributed by atoms with van der Waals surface area (Å²) in [5.41, 5.74) is -0.851. The van der Waals surface area contributed by atoms with Gasteiger partial charge in [-0.1, -0.05) is 34.8 Å². The van der Waals surface area contributed by atoms with Crippen molar-refractivity contribution in [3.63, 3.8) is 0 Å². The predicted molar refractivity (Wildman–Crippen MR) is 146 cm³/mol. The molecule has 0 radical (unpaired) electrons. The number of halogens is 8. The van der Waals surface area contributed by atoms with E-state index in [-0.39, 0.29) is 16.3 Å². The van der Waals surface area contributed by atoms with Gasteiger partial charge in [-0.3, -0.25) is 14.9 Å². The molecule has 2 atom stereocenters. The molecule has 1 aliphatic carbocycles.